The van der Waals surface area contributed by atoms with Gasteiger partial charge in [-0.05, 0) is 98.5 Å². The maximum absolute atomic E-state index is 12.9. The van der Waals surface area contributed by atoms with Crippen molar-refractivity contribution < 1.29 is 9.53 Å². The van der Waals surface area contributed by atoms with Crippen LogP contribution in [0.5, 0.6) is 0 Å². The molecule has 1 atom stereocenters. The third-order valence-electron chi connectivity index (χ3n) is 9.41. The van der Waals surface area contributed by atoms with E-state index in [0.29, 0.717) is 12.5 Å². The lowest BCUT2D eigenvalue weighted by Crippen LogP contribution is -2.36. The van der Waals surface area contributed by atoms with Crippen molar-refractivity contribution in [1.29, 1.82) is 0 Å². The SMILES string of the molecule is CC(C)(C)OC(=O)N1CCC[C@H]1c1nc2ccc(-c3ccc4cc(-c5cnc6c(n5)CC(C5CCCC5)=N6)ccc4c3)cc2[nH]1. The molecule has 1 N–H and O–H groups in total. The molecule has 1 aliphatic carbocycles. The van der Waals surface area contributed by atoms with Crippen LogP contribution in [0, 0.1) is 5.92 Å². The topological polar surface area (TPSA) is 96.4 Å². The summed E-state index contributed by atoms with van der Waals surface area (Å²) >= 11 is 0. The molecular formula is C37H38N6O2. The van der Waals surface area contributed by atoms with Crippen LogP contribution in [0.2, 0.25) is 0 Å². The second-order valence-electron chi connectivity index (χ2n) is 13.7. The molecule has 2 aliphatic heterocycles. The van der Waals surface area contributed by atoms with Crippen molar-refractivity contribution in [2.45, 2.75) is 77.4 Å². The Hall–Kier alpha value is -4.59. The highest BCUT2D eigenvalue weighted by Gasteiger charge is 2.35. The molecule has 8 nitrogen and oxygen atoms in total. The maximum Gasteiger partial charge on any atom is 0.410 e. The molecule has 0 bridgehead atoms. The number of hydrogen-bond donors (Lipinski definition) is 1. The summed E-state index contributed by atoms with van der Waals surface area (Å²) in [6, 6.07) is 19.3. The van der Waals surface area contributed by atoms with Gasteiger partial charge in [0.1, 0.15) is 11.4 Å². The van der Waals surface area contributed by atoms with Crippen LogP contribution < -0.4 is 0 Å². The predicted molar refractivity (Wildman–Crippen MR) is 178 cm³/mol. The lowest BCUT2D eigenvalue weighted by molar-refractivity contribution is 0.0219. The molecule has 0 unspecified atom stereocenters. The number of benzene rings is 3. The minimum Gasteiger partial charge on any atom is -0.444 e. The fourth-order valence-electron chi connectivity index (χ4n) is 7.16. The van der Waals surface area contributed by atoms with E-state index in [1.54, 1.807) is 4.90 Å². The number of H-pyrrole nitrogens is 1. The van der Waals surface area contributed by atoms with Gasteiger partial charge in [-0.1, -0.05) is 43.2 Å². The molecule has 5 aromatic rings. The average Bonchev–Trinajstić information content (AvgIpc) is 3.84. The highest BCUT2D eigenvalue weighted by atomic mass is 16.6. The molecule has 4 heterocycles. The van der Waals surface area contributed by atoms with Crippen molar-refractivity contribution in [2.75, 3.05) is 6.54 Å². The minimum absolute atomic E-state index is 0.109. The number of amides is 1. The van der Waals surface area contributed by atoms with E-state index in [4.69, 9.17) is 19.7 Å². The Kier molecular flexibility index (Phi) is 6.69. The summed E-state index contributed by atoms with van der Waals surface area (Å²) in [6.45, 7) is 6.37. The van der Waals surface area contributed by atoms with Gasteiger partial charge in [0, 0.05) is 24.2 Å². The molecule has 0 radical (unpaired) electrons. The van der Waals surface area contributed by atoms with Crippen LogP contribution in [0.4, 0.5) is 10.6 Å². The van der Waals surface area contributed by atoms with E-state index >= 15 is 0 Å². The zero-order valence-corrected chi connectivity index (χ0v) is 26.1. The van der Waals surface area contributed by atoms with Crippen LogP contribution in [-0.4, -0.2) is 48.8 Å². The van der Waals surface area contributed by atoms with Gasteiger partial charge in [-0.15, -0.1) is 0 Å². The van der Waals surface area contributed by atoms with Crippen molar-refractivity contribution in [3.05, 3.63) is 72.3 Å². The van der Waals surface area contributed by atoms with Crippen molar-refractivity contribution >= 4 is 39.4 Å². The van der Waals surface area contributed by atoms with Gasteiger partial charge in [0.25, 0.3) is 0 Å². The number of rotatable bonds is 4. The minimum atomic E-state index is -0.530. The third kappa shape index (κ3) is 5.36. The van der Waals surface area contributed by atoms with Gasteiger partial charge < -0.3 is 9.72 Å². The van der Waals surface area contributed by atoms with Crippen LogP contribution >= 0.6 is 0 Å². The molecule has 3 aliphatic rings. The fraction of sp³-hybridized carbons (Fsp3) is 0.378. The molecule has 8 rings (SSSR count). The number of nitrogens with zero attached hydrogens (tertiary/aromatic N) is 5. The van der Waals surface area contributed by atoms with Crippen molar-refractivity contribution in [3.8, 4) is 22.4 Å². The van der Waals surface area contributed by atoms with E-state index < -0.39 is 5.60 Å². The Morgan fingerprint density at radius 1 is 0.889 bits per heavy atom. The van der Waals surface area contributed by atoms with E-state index in [1.165, 1.54) is 36.8 Å². The number of aromatic amines is 1. The molecule has 3 aromatic carbocycles. The summed E-state index contributed by atoms with van der Waals surface area (Å²) in [5, 5.41) is 2.33. The summed E-state index contributed by atoms with van der Waals surface area (Å²) in [5.74, 6) is 2.22. The van der Waals surface area contributed by atoms with E-state index in [1.807, 2.05) is 27.0 Å². The Morgan fingerprint density at radius 3 is 2.42 bits per heavy atom. The Morgan fingerprint density at radius 2 is 1.62 bits per heavy atom. The van der Waals surface area contributed by atoms with Gasteiger partial charge >= 0.3 is 6.09 Å². The van der Waals surface area contributed by atoms with Gasteiger partial charge in [0.2, 0.25) is 0 Å². The summed E-state index contributed by atoms with van der Waals surface area (Å²) in [4.78, 5) is 37.6. The monoisotopic (exact) mass is 598 g/mol. The number of carbonyl (C=O) groups excluding carboxylic acids is 1. The molecule has 1 amide bonds. The second kappa shape index (κ2) is 10.8. The number of aliphatic imine (C=N–C) groups is 1. The number of fused-ring (bicyclic) bond motifs is 3. The fourth-order valence-corrected chi connectivity index (χ4v) is 7.16. The summed E-state index contributed by atoms with van der Waals surface area (Å²) in [5.41, 5.74) is 7.83. The van der Waals surface area contributed by atoms with Gasteiger partial charge in [-0.2, -0.15) is 0 Å². The van der Waals surface area contributed by atoms with Crippen LogP contribution in [0.3, 0.4) is 0 Å². The lowest BCUT2D eigenvalue weighted by Gasteiger charge is -2.27. The number of aromatic nitrogens is 4. The van der Waals surface area contributed by atoms with E-state index in [-0.39, 0.29) is 12.1 Å². The lowest BCUT2D eigenvalue weighted by atomic mass is 9.98. The Bertz CT molecular complexity index is 1980. The first-order valence-corrected chi connectivity index (χ1v) is 16.2. The molecule has 1 saturated carbocycles. The zero-order chi connectivity index (χ0) is 30.7. The number of nitrogens with one attached hydrogen (secondary N) is 1. The molecule has 2 aromatic heterocycles. The number of likely N-dealkylation sites (tertiary alicyclic amines) is 1. The standard InChI is InChI=1S/C37H38N6O2/c1-37(2,3)45-36(44)43-16-6-9-33(43)35-40-28-15-14-26(19-30(28)42-35)24-10-11-25-18-27(13-12-23(25)17-24)32-21-38-34-31(39-32)20-29(41-34)22-7-4-5-8-22/h10-15,17-19,21-22,33H,4-9,16,20H2,1-3H3,(H,40,42)/t33-/m0/s1. The average molecular weight is 599 g/mol. The van der Waals surface area contributed by atoms with E-state index in [0.717, 1.165) is 75.4 Å². The quantitative estimate of drug-likeness (QED) is 0.223. The number of ether oxygens (including phenoxy) is 1. The largest absolute Gasteiger partial charge is 0.444 e. The first-order chi connectivity index (χ1) is 21.8. The molecule has 8 heteroatoms. The van der Waals surface area contributed by atoms with Crippen molar-refractivity contribution in [3.63, 3.8) is 0 Å². The number of carbonyl (C=O) groups is 1. The van der Waals surface area contributed by atoms with Gasteiger partial charge in [0.05, 0.1) is 34.7 Å². The van der Waals surface area contributed by atoms with Crippen molar-refractivity contribution in [2.24, 2.45) is 10.9 Å². The predicted octanol–water partition coefficient (Wildman–Crippen LogP) is 8.73. The first-order valence-electron chi connectivity index (χ1n) is 16.2. The van der Waals surface area contributed by atoms with Gasteiger partial charge in [0.15, 0.2) is 5.82 Å². The Balaban J connectivity index is 1.02. The van der Waals surface area contributed by atoms with E-state index in [2.05, 4.69) is 64.6 Å². The molecule has 2 fully saturated rings. The first kappa shape index (κ1) is 27.9. The second-order valence-corrected chi connectivity index (χ2v) is 13.7. The highest BCUT2D eigenvalue weighted by molar-refractivity contribution is 5.95. The normalized spacial score (nSPS) is 18.6. The van der Waals surface area contributed by atoms with Gasteiger partial charge in [-0.25, -0.2) is 24.7 Å². The molecule has 0 spiro atoms. The number of hydrogen-bond acceptors (Lipinski definition) is 6. The van der Waals surface area contributed by atoms with Crippen LogP contribution in [0.1, 0.15) is 76.9 Å². The smallest absolute Gasteiger partial charge is 0.410 e. The molecule has 1 saturated heterocycles. The van der Waals surface area contributed by atoms with Crippen molar-refractivity contribution in [1.82, 2.24) is 24.8 Å². The van der Waals surface area contributed by atoms with Crippen LogP contribution in [-0.2, 0) is 11.2 Å². The summed E-state index contributed by atoms with van der Waals surface area (Å²) < 4.78 is 5.66. The maximum atomic E-state index is 12.9. The number of imidazole rings is 1. The van der Waals surface area contributed by atoms with Crippen LogP contribution in [0.15, 0.2) is 65.8 Å². The van der Waals surface area contributed by atoms with Crippen LogP contribution in [0.25, 0.3) is 44.2 Å². The Labute approximate surface area is 263 Å². The van der Waals surface area contributed by atoms with E-state index in [9.17, 15) is 4.79 Å². The molecular weight excluding hydrogens is 560 g/mol. The summed E-state index contributed by atoms with van der Waals surface area (Å²) in [7, 11) is 0. The zero-order valence-electron chi connectivity index (χ0n) is 26.1. The van der Waals surface area contributed by atoms with Gasteiger partial charge in [-0.3, -0.25) is 4.90 Å². The molecule has 45 heavy (non-hydrogen) atoms. The third-order valence-corrected chi connectivity index (χ3v) is 9.41. The summed E-state index contributed by atoms with van der Waals surface area (Å²) in [6.07, 6.45) is 9.32. The highest BCUT2D eigenvalue weighted by Crippen LogP contribution is 2.36. The molecule has 228 valence electrons.